The smallest absolute Gasteiger partial charge is 0.162 e. The molecule has 130 valence electrons. The molecule has 5 nitrogen and oxygen atoms in total. The van der Waals surface area contributed by atoms with Gasteiger partial charge in [-0.25, -0.2) is 4.98 Å². The van der Waals surface area contributed by atoms with Crippen molar-refractivity contribution in [2.45, 2.75) is 6.10 Å². The summed E-state index contributed by atoms with van der Waals surface area (Å²) in [6.07, 6.45) is -0.900. The molecule has 1 aromatic heterocycles. The normalized spacial score (nSPS) is 12.0. The van der Waals surface area contributed by atoms with Crippen molar-refractivity contribution in [2.75, 3.05) is 21.3 Å². The molecule has 0 aliphatic rings. The molecule has 3 aromatic rings. The summed E-state index contributed by atoms with van der Waals surface area (Å²) < 4.78 is 15.7. The van der Waals surface area contributed by atoms with Crippen LogP contribution < -0.4 is 14.2 Å². The first-order chi connectivity index (χ1) is 12.1. The molecule has 1 heterocycles. The van der Waals surface area contributed by atoms with Gasteiger partial charge in [0.15, 0.2) is 11.5 Å². The third kappa shape index (κ3) is 3.34. The standard InChI is InChI=1S/C19H18ClNO4/c1-23-13-6-4-11(5-7-13)18(22)14-8-12-9-16(24-2)17(25-3)10-15(12)21-19(14)20/h4-10,18,22H,1-3H3. The molecule has 0 aliphatic carbocycles. The number of aromatic nitrogens is 1. The Morgan fingerprint density at radius 3 is 2.16 bits per heavy atom. The summed E-state index contributed by atoms with van der Waals surface area (Å²) in [5.74, 6) is 1.88. The predicted molar refractivity (Wildman–Crippen MR) is 96.9 cm³/mol. The SMILES string of the molecule is COc1ccc(C(O)c2cc3cc(OC)c(OC)cc3nc2Cl)cc1. The number of benzene rings is 2. The quantitative estimate of drug-likeness (QED) is 0.698. The fourth-order valence-corrected chi connectivity index (χ4v) is 2.90. The third-order valence-electron chi connectivity index (χ3n) is 4.03. The van der Waals surface area contributed by atoms with Crippen molar-refractivity contribution in [1.29, 1.82) is 0 Å². The van der Waals surface area contributed by atoms with Gasteiger partial charge in [0, 0.05) is 17.0 Å². The van der Waals surface area contributed by atoms with Gasteiger partial charge in [-0.05, 0) is 29.8 Å². The van der Waals surface area contributed by atoms with Gasteiger partial charge in [-0.1, -0.05) is 23.7 Å². The van der Waals surface area contributed by atoms with Crippen molar-refractivity contribution < 1.29 is 19.3 Å². The number of hydrogen-bond donors (Lipinski definition) is 1. The topological polar surface area (TPSA) is 60.8 Å². The zero-order valence-corrected chi connectivity index (χ0v) is 14.9. The van der Waals surface area contributed by atoms with Crippen molar-refractivity contribution >= 4 is 22.5 Å². The highest BCUT2D eigenvalue weighted by molar-refractivity contribution is 6.30. The van der Waals surface area contributed by atoms with E-state index >= 15 is 0 Å². The van der Waals surface area contributed by atoms with Gasteiger partial charge in [0.25, 0.3) is 0 Å². The van der Waals surface area contributed by atoms with Gasteiger partial charge in [-0.15, -0.1) is 0 Å². The van der Waals surface area contributed by atoms with Gasteiger partial charge in [0.1, 0.15) is 17.0 Å². The lowest BCUT2D eigenvalue weighted by Crippen LogP contribution is -2.02. The maximum atomic E-state index is 10.7. The zero-order valence-electron chi connectivity index (χ0n) is 14.1. The van der Waals surface area contributed by atoms with Crippen molar-refractivity contribution in [3.8, 4) is 17.2 Å². The number of ether oxygens (including phenoxy) is 3. The molecule has 0 fully saturated rings. The van der Waals surface area contributed by atoms with Gasteiger partial charge in [-0.3, -0.25) is 0 Å². The van der Waals surface area contributed by atoms with Crippen LogP contribution in [-0.4, -0.2) is 31.4 Å². The number of pyridine rings is 1. The first-order valence-electron chi connectivity index (χ1n) is 7.61. The first-order valence-corrected chi connectivity index (χ1v) is 7.99. The van der Waals surface area contributed by atoms with Gasteiger partial charge >= 0.3 is 0 Å². The molecule has 0 saturated heterocycles. The molecular formula is C19H18ClNO4. The number of fused-ring (bicyclic) bond motifs is 1. The van der Waals surface area contributed by atoms with Crippen molar-refractivity contribution in [1.82, 2.24) is 4.98 Å². The summed E-state index contributed by atoms with van der Waals surface area (Å²) in [4.78, 5) is 4.39. The Kier molecular flexibility index (Phi) is 4.97. The monoisotopic (exact) mass is 359 g/mol. The minimum Gasteiger partial charge on any atom is -0.497 e. The second-order valence-electron chi connectivity index (χ2n) is 5.44. The lowest BCUT2D eigenvalue weighted by atomic mass is 10.0. The Morgan fingerprint density at radius 1 is 0.920 bits per heavy atom. The van der Waals surface area contributed by atoms with Gasteiger partial charge < -0.3 is 19.3 Å². The van der Waals surface area contributed by atoms with Gasteiger partial charge in [-0.2, -0.15) is 0 Å². The summed E-state index contributed by atoms with van der Waals surface area (Å²) in [6, 6.07) is 12.5. The first kappa shape index (κ1) is 17.3. The minimum atomic E-state index is -0.900. The Bertz CT molecular complexity index is 896. The van der Waals surface area contributed by atoms with Crippen LogP contribution in [0.2, 0.25) is 5.15 Å². The summed E-state index contributed by atoms with van der Waals surface area (Å²) >= 11 is 6.31. The largest absolute Gasteiger partial charge is 0.497 e. The molecule has 2 aromatic carbocycles. The van der Waals surface area contributed by atoms with E-state index in [0.717, 1.165) is 11.1 Å². The van der Waals surface area contributed by atoms with Crippen LogP contribution in [0.25, 0.3) is 10.9 Å². The van der Waals surface area contributed by atoms with E-state index in [1.54, 1.807) is 51.7 Å². The molecule has 0 radical (unpaired) electrons. The number of aliphatic hydroxyl groups is 1. The molecular weight excluding hydrogens is 342 g/mol. The maximum absolute atomic E-state index is 10.7. The van der Waals surface area contributed by atoms with Crippen molar-refractivity contribution in [3.63, 3.8) is 0 Å². The highest BCUT2D eigenvalue weighted by atomic mass is 35.5. The van der Waals surface area contributed by atoms with E-state index in [1.165, 1.54) is 0 Å². The molecule has 6 heteroatoms. The lowest BCUT2D eigenvalue weighted by Gasteiger charge is -2.15. The maximum Gasteiger partial charge on any atom is 0.162 e. The van der Waals surface area contributed by atoms with E-state index in [1.807, 2.05) is 12.1 Å². The van der Waals surface area contributed by atoms with Crippen molar-refractivity contribution in [3.05, 3.63) is 58.7 Å². The fourth-order valence-electron chi connectivity index (χ4n) is 2.65. The van der Waals surface area contributed by atoms with E-state index in [-0.39, 0.29) is 5.15 Å². The zero-order chi connectivity index (χ0) is 18.0. The second-order valence-corrected chi connectivity index (χ2v) is 5.80. The van der Waals surface area contributed by atoms with Crippen LogP contribution in [0.3, 0.4) is 0 Å². The molecule has 0 amide bonds. The number of methoxy groups -OCH3 is 3. The van der Waals surface area contributed by atoms with E-state index in [4.69, 9.17) is 25.8 Å². The van der Waals surface area contributed by atoms with E-state index in [2.05, 4.69) is 4.98 Å². The third-order valence-corrected chi connectivity index (χ3v) is 4.33. The Labute approximate surface area is 150 Å². The van der Waals surface area contributed by atoms with E-state index < -0.39 is 6.10 Å². The summed E-state index contributed by atoms with van der Waals surface area (Å²) in [5, 5.41) is 11.7. The molecule has 0 bridgehead atoms. The summed E-state index contributed by atoms with van der Waals surface area (Å²) in [7, 11) is 4.73. The molecule has 1 atom stereocenters. The molecule has 0 spiro atoms. The van der Waals surface area contributed by atoms with Crippen LogP contribution in [0.1, 0.15) is 17.2 Å². The fraction of sp³-hybridized carbons (Fsp3) is 0.211. The van der Waals surface area contributed by atoms with Crippen LogP contribution in [0, 0.1) is 0 Å². The van der Waals surface area contributed by atoms with Crippen LogP contribution in [-0.2, 0) is 0 Å². The van der Waals surface area contributed by atoms with Crippen LogP contribution >= 0.6 is 11.6 Å². The van der Waals surface area contributed by atoms with Crippen molar-refractivity contribution in [2.24, 2.45) is 0 Å². The van der Waals surface area contributed by atoms with Crippen LogP contribution in [0.4, 0.5) is 0 Å². The molecule has 1 N–H and O–H groups in total. The second kappa shape index (κ2) is 7.17. The Balaban J connectivity index is 2.07. The van der Waals surface area contributed by atoms with E-state index in [0.29, 0.717) is 28.1 Å². The van der Waals surface area contributed by atoms with Crippen LogP contribution in [0.5, 0.6) is 17.2 Å². The Hall–Kier alpha value is -2.50. The molecule has 1 unspecified atom stereocenters. The summed E-state index contributed by atoms with van der Waals surface area (Å²) in [5.41, 5.74) is 1.88. The average molecular weight is 360 g/mol. The summed E-state index contributed by atoms with van der Waals surface area (Å²) in [6.45, 7) is 0. The molecule has 0 aliphatic heterocycles. The van der Waals surface area contributed by atoms with Gasteiger partial charge in [0.2, 0.25) is 0 Å². The van der Waals surface area contributed by atoms with Gasteiger partial charge in [0.05, 0.1) is 26.8 Å². The molecule has 0 saturated carbocycles. The molecule has 25 heavy (non-hydrogen) atoms. The number of aliphatic hydroxyl groups excluding tert-OH is 1. The number of nitrogens with zero attached hydrogens (tertiary/aromatic N) is 1. The minimum absolute atomic E-state index is 0.239. The number of halogens is 1. The molecule has 3 rings (SSSR count). The average Bonchev–Trinajstić information content (AvgIpc) is 2.65. The highest BCUT2D eigenvalue weighted by Crippen LogP contribution is 2.35. The number of hydrogen-bond acceptors (Lipinski definition) is 5. The predicted octanol–water partition coefficient (Wildman–Crippen LogP) is 4.00. The van der Waals surface area contributed by atoms with Crippen LogP contribution in [0.15, 0.2) is 42.5 Å². The number of rotatable bonds is 5. The highest BCUT2D eigenvalue weighted by Gasteiger charge is 2.17. The Morgan fingerprint density at radius 2 is 1.56 bits per heavy atom. The lowest BCUT2D eigenvalue weighted by molar-refractivity contribution is 0.220. The van der Waals surface area contributed by atoms with E-state index in [9.17, 15) is 5.11 Å².